The number of nitro groups is 1. The van der Waals surface area contributed by atoms with Crippen molar-refractivity contribution in [1.82, 2.24) is 0 Å². The minimum atomic E-state index is -4.63. The Morgan fingerprint density at radius 1 is 1.41 bits per heavy atom. The van der Waals surface area contributed by atoms with E-state index < -0.39 is 22.4 Å². The minimum absolute atomic E-state index is 0.0677. The number of nitro benzene ring substituents is 1. The zero-order valence-electron chi connectivity index (χ0n) is 12.6. The molecular formula is C14H18F3N3O2. The second-order valence-electron chi connectivity index (χ2n) is 5.38. The molecule has 0 amide bonds. The van der Waals surface area contributed by atoms with Crippen LogP contribution < -0.4 is 5.43 Å². The van der Waals surface area contributed by atoms with E-state index in [0.29, 0.717) is 18.4 Å². The van der Waals surface area contributed by atoms with Crippen molar-refractivity contribution in [2.75, 3.05) is 5.43 Å². The van der Waals surface area contributed by atoms with E-state index >= 15 is 0 Å². The normalized spacial score (nSPS) is 12.6. The fourth-order valence-electron chi connectivity index (χ4n) is 1.66. The number of rotatable bonds is 6. The first-order valence-corrected chi connectivity index (χ1v) is 6.76. The molecule has 1 aromatic carbocycles. The zero-order valence-corrected chi connectivity index (χ0v) is 12.6. The zero-order chi connectivity index (χ0) is 16.9. The van der Waals surface area contributed by atoms with Gasteiger partial charge in [0.25, 0.3) is 5.69 Å². The van der Waals surface area contributed by atoms with Crippen molar-refractivity contribution in [1.29, 1.82) is 0 Å². The van der Waals surface area contributed by atoms with E-state index in [0.717, 1.165) is 24.3 Å². The number of nitrogens with one attached hydrogen (secondary N) is 1. The highest BCUT2D eigenvalue weighted by Gasteiger charge is 2.33. The van der Waals surface area contributed by atoms with Gasteiger partial charge in [-0.05, 0) is 37.8 Å². The van der Waals surface area contributed by atoms with Crippen LogP contribution in [0.25, 0.3) is 0 Å². The highest BCUT2D eigenvalue weighted by atomic mass is 19.4. The van der Waals surface area contributed by atoms with Gasteiger partial charge in [-0.25, -0.2) is 0 Å². The summed E-state index contributed by atoms with van der Waals surface area (Å²) >= 11 is 0. The van der Waals surface area contributed by atoms with Crippen LogP contribution >= 0.6 is 0 Å². The lowest BCUT2D eigenvalue weighted by molar-refractivity contribution is -0.384. The fraction of sp³-hybridized carbons (Fsp3) is 0.500. The summed E-state index contributed by atoms with van der Waals surface area (Å²) < 4.78 is 37.7. The van der Waals surface area contributed by atoms with Crippen LogP contribution in [0, 0.1) is 16.0 Å². The average Bonchev–Trinajstić information content (AvgIpc) is 2.41. The molecule has 0 aliphatic carbocycles. The lowest BCUT2D eigenvalue weighted by atomic mass is 10.1. The molecule has 1 rings (SSSR count). The second kappa shape index (κ2) is 7.24. The molecule has 0 heterocycles. The summed E-state index contributed by atoms with van der Waals surface area (Å²) in [5.74, 6) is 0.491. The minimum Gasteiger partial charge on any atom is -0.272 e. The first kappa shape index (κ1) is 17.9. The summed E-state index contributed by atoms with van der Waals surface area (Å²) in [7, 11) is 0. The molecule has 8 heteroatoms. The SMILES string of the molecule is C/C(CCC(C)C)=N\Nc1ccc(C(F)(F)F)cc1[N+](=O)[O-]. The summed E-state index contributed by atoms with van der Waals surface area (Å²) in [5, 5.41) is 14.9. The maximum Gasteiger partial charge on any atom is 0.416 e. The summed E-state index contributed by atoms with van der Waals surface area (Å²) in [6.07, 6.45) is -3.01. The first-order chi connectivity index (χ1) is 10.1. The molecule has 1 aromatic rings. The summed E-state index contributed by atoms with van der Waals surface area (Å²) in [5.41, 5.74) is 1.41. The summed E-state index contributed by atoms with van der Waals surface area (Å²) in [6, 6.07) is 2.30. The number of halogens is 3. The topological polar surface area (TPSA) is 67.5 Å². The van der Waals surface area contributed by atoms with Crippen LogP contribution in [0.2, 0.25) is 0 Å². The molecule has 5 nitrogen and oxygen atoms in total. The van der Waals surface area contributed by atoms with Crippen molar-refractivity contribution in [3.63, 3.8) is 0 Å². The Bertz CT molecular complexity index is 569. The van der Waals surface area contributed by atoms with Gasteiger partial charge in [0, 0.05) is 11.8 Å². The number of benzene rings is 1. The van der Waals surface area contributed by atoms with Crippen molar-refractivity contribution < 1.29 is 18.1 Å². The van der Waals surface area contributed by atoms with Crippen LogP contribution in [0.1, 0.15) is 39.2 Å². The fourth-order valence-corrected chi connectivity index (χ4v) is 1.66. The van der Waals surface area contributed by atoms with E-state index in [1.165, 1.54) is 0 Å². The predicted octanol–water partition coefficient (Wildman–Crippen LogP) is 4.84. The van der Waals surface area contributed by atoms with Crippen molar-refractivity contribution in [2.24, 2.45) is 11.0 Å². The molecule has 1 N–H and O–H groups in total. The Kier molecular flexibility index (Phi) is 5.90. The van der Waals surface area contributed by atoms with Gasteiger partial charge in [-0.1, -0.05) is 13.8 Å². The van der Waals surface area contributed by atoms with E-state index in [9.17, 15) is 23.3 Å². The third-order valence-corrected chi connectivity index (χ3v) is 2.97. The third-order valence-electron chi connectivity index (χ3n) is 2.97. The van der Waals surface area contributed by atoms with Gasteiger partial charge >= 0.3 is 6.18 Å². The highest BCUT2D eigenvalue weighted by Crippen LogP contribution is 2.34. The molecule has 22 heavy (non-hydrogen) atoms. The molecule has 0 unspecified atom stereocenters. The van der Waals surface area contributed by atoms with Gasteiger partial charge in [-0.3, -0.25) is 15.5 Å². The maximum absolute atomic E-state index is 12.6. The van der Waals surface area contributed by atoms with Crippen LogP contribution in [0.4, 0.5) is 24.5 Å². The van der Waals surface area contributed by atoms with Crippen LogP contribution in [0.15, 0.2) is 23.3 Å². The lowest BCUT2D eigenvalue weighted by Crippen LogP contribution is -2.07. The van der Waals surface area contributed by atoms with Crippen LogP contribution in [0.5, 0.6) is 0 Å². The number of hydrazone groups is 1. The molecule has 0 bridgehead atoms. The van der Waals surface area contributed by atoms with E-state index in [1.807, 2.05) is 0 Å². The van der Waals surface area contributed by atoms with E-state index in [-0.39, 0.29) is 5.69 Å². The summed E-state index contributed by atoms with van der Waals surface area (Å²) in [4.78, 5) is 10.0. The maximum atomic E-state index is 12.6. The van der Waals surface area contributed by atoms with Gasteiger partial charge in [0.05, 0.1) is 10.5 Å². The average molecular weight is 317 g/mol. The molecule has 0 spiro atoms. The molecule has 0 saturated heterocycles. The van der Waals surface area contributed by atoms with Crippen molar-refractivity contribution in [2.45, 2.75) is 39.8 Å². The molecular weight excluding hydrogens is 299 g/mol. The number of nitrogens with zero attached hydrogens (tertiary/aromatic N) is 2. The molecule has 0 atom stereocenters. The Balaban J connectivity index is 2.95. The first-order valence-electron chi connectivity index (χ1n) is 6.76. The second-order valence-corrected chi connectivity index (χ2v) is 5.38. The van der Waals surface area contributed by atoms with Gasteiger partial charge < -0.3 is 0 Å². The molecule has 0 saturated carbocycles. The molecule has 0 aliphatic rings. The van der Waals surface area contributed by atoms with Crippen LogP contribution in [-0.4, -0.2) is 10.6 Å². The van der Waals surface area contributed by atoms with Gasteiger partial charge in [-0.15, -0.1) is 0 Å². The number of hydrogen-bond donors (Lipinski definition) is 1. The largest absolute Gasteiger partial charge is 0.416 e. The Morgan fingerprint density at radius 2 is 2.05 bits per heavy atom. The molecule has 122 valence electrons. The van der Waals surface area contributed by atoms with Gasteiger partial charge in [0.1, 0.15) is 5.69 Å². The lowest BCUT2D eigenvalue weighted by Gasteiger charge is -2.09. The van der Waals surface area contributed by atoms with Crippen molar-refractivity contribution in [3.05, 3.63) is 33.9 Å². The highest BCUT2D eigenvalue weighted by molar-refractivity contribution is 5.83. The summed E-state index contributed by atoms with van der Waals surface area (Å²) in [6.45, 7) is 5.87. The van der Waals surface area contributed by atoms with E-state index in [4.69, 9.17) is 0 Å². The van der Waals surface area contributed by atoms with E-state index in [1.54, 1.807) is 6.92 Å². The van der Waals surface area contributed by atoms with Gasteiger partial charge in [-0.2, -0.15) is 18.3 Å². The third kappa shape index (κ3) is 5.34. The quantitative estimate of drug-likeness (QED) is 0.464. The predicted molar refractivity (Wildman–Crippen MR) is 78.9 cm³/mol. The number of alkyl halides is 3. The molecule has 0 aromatic heterocycles. The molecule has 0 radical (unpaired) electrons. The van der Waals surface area contributed by atoms with E-state index in [2.05, 4.69) is 24.4 Å². The van der Waals surface area contributed by atoms with Crippen molar-refractivity contribution >= 4 is 17.1 Å². The van der Waals surface area contributed by atoms with Crippen LogP contribution in [-0.2, 0) is 6.18 Å². The van der Waals surface area contributed by atoms with Crippen LogP contribution in [0.3, 0.4) is 0 Å². The van der Waals surface area contributed by atoms with Gasteiger partial charge in [0.15, 0.2) is 0 Å². The standard InChI is InChI=1S/C14H18F3N3O2/c1-9(2)4-5-10(3)18-19-12-7-6-11(14(15,16)17)8-13(12)20(21)22/h6-9,19H,4-5H2,1-3H3/b18-10+. The Morgan fingerprint density at radius 3 is 2.55 bits per heavy atom. The Labute approximate surface area is 126 Å². The van der Waals surface area contributed by atoms with Crippen molar-refractivity contribution in [3.8, 4) is 0 Å². The molecule has 0 aliphatic heterocycles. The monoisotopic (exact) mass is 317 g/mol. The number of anilines is 1. The smallest absolute Gasteiger partial charge is 0.272 e. The van der Waals surface area contributed by atoms with Gasteiger partial charge in [0.2, 0.25) is 0 Å². The number of hydrogen-bond acceptors (Lipinski definition) is 4. The Hall–Kier alpha value is -2.12. The molecule has 0 fully saturated rings.